The van der Waals surface area contributed by atoms with Crippen molar-refractivity contribution in [2.75, 3.05) is 19.6 Å². The summed E-state index contributed by atoms with van der Waals surface area (Å²) in [6, 6.07) is 0. The van der Waals surface area contributed by atoms with Crippen molar-refractivity contribution in [1.29, 1.82) is 0 Å². The van der Waals surface area contributed by atoms with Crippen LogP contribution in [-0.4, -0.2) is 24.5 Å². The van der Waals surface area contributed by atoms with Crippen LogP contribution in [0.4, 0.5) is 0 Å². The Morgan fingerprint density at radius 1 is 1.41 bits per heavy atom. The lowest BCUT2D eigenvalue weighted by Crippen LogP contribution is -2.40. The van der Waals surface area contributed by atoms with Crippen LogP contribution in [0.2, 0.25) is 0 Å². The van der Waals surface area contributed by atoms with E-state index in [1.165, 1.54) is 11.3 Å². The third kappa shape index (κ3) is 4.14. The van der Waals surface area contributed by atoms with E-state index in [-0.39, 0.29) is 0 Å². The van der Waals surface area contributed by atoms with Crippen molar-refractivity contribution in [3.63, 3.8) is 0 Å². The summed E-state index contributed by atoms with van der Waals surface area (Å²) < 4.78 is 0. The van der Waals surface area contributed by atoms with Crippen LogP contribution in [0.5, 0.6) is 0 Å². The number of hydrogen-bond acceptors (Lipinski definition) is 2. The van der Waals surface area contributed by atoms with E-state index in [1.54, 1.807) is 0 Å². The highest BCUT2D eigenvalue weighted by Crippen LogP contribution is 2.13. The Bertz CT molecular complexity index is 348. The van der Waals surface area contributed by atoms with E-state index in [2.05, 4.69) is 56.3 Å². The van der Waals surface area contributed by atoms with Gasteiger partial charge in [-0.05, 0) is 24.5 Å². The molecule has 1 heterocycles. The molecule has 0 spiro atoms. The maximum atomic E-state index is 3.97. The van der Waals surface area contributed by atoms with Crippen molar-refractivity contribution in [2.45, 2.75) is 20.8 Å². The second-order valence-electron chi connectivity index (χ2n) is 4.79. The summed E-state index contributed by atoms with van der Waals surface area (Å²) in [4.78, 5) is 2.34. The van der Waals surface area contributed by atoms with Gasteiger partial charge in [0.05, 0.1) is 6.54 Å². The quantitative estimate of drug-likeness (QED) is 0.749. The lowest BCUT2D eigenvalue weighted by Gasteiger charge is -2.31. The molecular formula is C15H24N2. The van der Waals surface area contributed by atoms with Crippen LogP contribution >= 0.6 is 0 Å². The van der Waals surface area contributed by atoms with E-state index in [4.69, 9.17) is 0 Å². The third-order valence-electron chi connectivity index (χ3n) is 3.06. The summed E-state index contributed by atoms with van der Waals surface area (Å²) in [5.41, 5.74) is 3.66. The molecule has 1 N–H and O–H groups in total. The Kier molecular flexibility index (Phi) is 5.08. The zero-order chi connectivity index (χ0) is 12.8. The molecule has 1 aliphatic heterocycles. The van der Waals surface area contributed by atoms with Crippen molar-refractivity contribution in [2.24, 2.45) is 5.92 Å². The number of rotatable bonds is 4. The van der Waals surface area contributed by atoms with Crippen molar-refractivity contribution in [1.82, 2.24) is 10.2 Å². The molecule has 1 aliphatic rings. The molecule has 0 aromatic heterocycles. The second-order valence-corrected chi connectivity index (χ2v) is 4.79. The normalized spacial score (nSPS) is 18.4. The fourth-order valence-electron chi connectivity index (χ4n) is 1.85. The van der Waals surface area contributed by atoms with Gasteiger partial charge in [0.2, 0.25) is 0 Å². The third-order valence-corrected chi connectivity index (χ3v) is 3.06. The van der Waals surface area contributed by atoms with Crippen molar-refractivity contribution >= 4 is 0 Å². The van der Waals surface area contributed by atoms with E-state index < -0.39 is 0 Å². The average Bonchev–Trinajstić information content (AvgIpc) is 2.29. The maximum absolute atomic E-state index is 3.97. The van der Waals surface area contributed by atoms with Gasteiger partial charge in [0.1, 0.15) is 0 Å². The van der Waals surface area contributed by atoms with Crippen molar-refractivity contribution in [3.05, 3.63) is 48.4 Å². The predicted molar refractivity (Wildman–Crippen MR) is 75.6 cm³/mol. The lowest BCUT2D eigenvalue weighted by molar-refractivity contribution is 0.333. The van der Waals surface area contributed by atoms with Crippen LogP contribution in [0, 0.1) is 5.92 Å². The molecule has 0 radical (unpaired) electrons. The summed E-state index contributed by atoms with van der Waals surface area (Å²) in [6.07, 6.45) is 6.28. The lowest BCUT2D eigenvalue weighted by atomic mass is 10.0. The first-order chi connectivity index (χ1) is 8.04. The highest BCUT2D eigenvalue weighted by molar-refractivity contribution is 5.25. The molecule has 0 amide bonds. The van der Waals surface area contributed by atoms with Gasteiger partial charge < -0.3 is 10.2 Å². The van der Waals surface area contributed by atoms with Crippen LogP contribution < -0.4 is 5.32 Å². The van der Waals surface area contributed by atoms with E-state index in [0.29, 0.717) is 5.92 Å². The Balaban J connectivity index is 2.71. The number of allylic oxidation sites excluding steroid dienone is 5. The molecule has 0 unspecified atom stereocenters. The summed E-state index contributed by atoms with van der Waals surface area (Å²) in [7, 11) is 0. The zero-order valence-electron chi connectivity index (χ0n) is 11.3. The average molecular weight is 232 g/mol. The smallest absolute Gasteiger partial charge is 0.0568 e. The molecule has 1 fully saturated rings. The van der Waals surface area contributed by atoms with Gasteiger partial charge in [0.15, 0.2) is 0 Å². The minimum Gasteiger partial charge on any atom is -0.386 e. The Hall–Kier alpha value is -1.44. The van der Waals surface area contributed by atoms with Crippen molar-refractivity contribution < 1.29 is 0 Å². The van der Waals surface area contributed by atoms with Crippen LogP contribution in [0.3, 0.4) is 0 Å². The number of nitrogens with zero attached hydrogens (tertiary/aromatic N) is 1. The molecule has 0 aromatic carbocycles. The topological polar surface area (TPSA) is 15.3 Å². The van der Waals surface area contributed by atoms with Gasteiger partial charge in [-0.1, -0.05) is 39.2 Å². The Labute approximate surface area is 105 Å². The van der Waals surface area contributed by atoms with Gasteiger partial charge in [0, 0.05) is 24.5 Å². The molecule has 0 saturated carbocycles. The second kappa shape index (κ2) is 6.33. The standard InChI is InChI=1S/C15H24N2/c1-6-15(12(2)3)8-7-14(5)17-10-9-16-13(4)11-17/h6-8,12,16H,1,4,9-11H2,2-3,5H3/b14-7+,15-8+. The summed E-state index contributed by atoms with van der Waals surface area (Å²) in [5, 5.41) is 3.27. The highest BCUT2D eigenvalue weighted by atomic mass is 15.2. The van der Waals surface area contributed by atoms with E-state index in [9.17, 15) is 0 Å². The molecule has 0 atom stereocenters. The van der Waals surface area contributed by atoms with Gasteiger partial charge in [-0.15, -0.1) is 0 Å². The predicted octanol–water partition coefficient (Wildman–Crippen LogP) is 3.08. The molecule has 17 heavy (non-hydrogen) atoms. The minimum absolute atomic E-state index is 0.523. The number of hydrogen-bond donors (Lipinski definition) is 1. The Morgan fingerprint density at radius 2 is 2.12 bits per heavy atom. The first-order valence-electron chi connectivity index (χ1n) is 6.22. The van der Waals surface area contributed by atoms with Gasteiger partial charge in [-0.25, -0.2) is 0 Å². The first kappa shape index (κ1) is 13.6. The molecule has 2 nitrogen and oxygen atoms in total. The summed E-state index contributed by atoms with van der Waals surface area (Å²) in [6.45, 7) is 17.3. The molecule has 0 aromatic rings. The van der Waals surface area contributed by atoms with E-state index >= 15 is 0 Å². The Morgan fingerprint density at radius 3 is 2.65 bits per heavy atom. The molecule has 0 bridgehead atoms. The van der Waals surface area contributed by atoms with Gasteiger partial charge in [0.25, 0.3) is 0 Å². The fraction of sp³-hybridized carbons (Fsp3) is 0.467. The molecule has 2 heteroatoms. The van der Waals surface area contributed by atoms with Crippen LogP contribution in [0.25, 0.3) is 0 Å². The zero-order valence-corrected chi connectivity index (χ0v) is 11.3. The van der Waals surface area contributed by atoms with E-state index in [0.717, 1.165) is 25.3 Å². The van der Waals surface area contributed by atoms with Gasteiger partial charge in [-0.2, -0.15) is 0 Å². The fourth-order valence-corrected chi connectivity index (χ4v) is 1.85. The van der Waals surface area contributed by atoms with Crippen LogP contribution in [0.15, 0.2) is 48.4 Å². The molecule has 1 saturated heterocycles. The highest BCUT2D eigenvalue weighted by Gasteiger charge is 2.11. The first-order valence-corrected chi connectivity index (χ1v) is 6.22. The molecule has 94 valence electrons. The molecule has 0 aliphatic carbocycles. The van der Waals surface area contributed by atoms with Crippen molar-refractivity contribution in [3.8, 4) is 0 Å². The molecule has 1 rings (SSSR count). The largest absolute Gasteiger partial charge is 0.386 e. The monoisotopic (exact) mass is 232 g/mol. The van der Waals surface area contributed by atoms with E-state index in [1.807, 2.05) is 6.08 Å². The minimum atomic E-state index is 0.523. The SMILES string of the molecule is C=C/C(=C\C=C(/C)N1CCNC(=C)C1)C(C)C. The van der Waals surface area contributed by atoms with Gasteiger partial charge >= 0.3 is 0 Å². The van der Waals surface area contributed by atoms with Crippen LogP contribution in [-0.2, 0) is 0 Å². The maximum Gasteiger partial charge on any atom is 0.0568 e. The van der Waals surface area contributed by atoms with Crippen LogP contribution in [0.1, 0.15) is 20.8 Å². The summed E-state index contributed by atoms with van der Waals surface area (Å²) in [5.74, 6) is 0.523. The van der Waals surface area contributed by atoms with Gasteiger partial charge in [-0.3, -0.25) is 0 Å². The number of piperazine rings is 1. The number of nitrogens with one attached hydrogen (secondary N) is 1. The summed E-state index contributed by atoms with van der Waals surface area (Å²) >= 11 is 0. The molecular weight excluding hydrogens is 208 g/mol.